The molecule has 0 radical (unpaired) electrons. The number of halogens is 1. The average Bonchev–Trinajstić information content (AvgIpc) is 3.28. The Kier molecular flexibility index (Phi) is 7.85. The van der Waals surface area contributed by atoms with Gasteiger partial charge in [0, 0.05) is 42.4 Å². The third-order valence-electron chi connectivity index (χ3n) is 4.56. The highest BCUT2D eigenvalue weighted by molar-refractivity contribution is 7.89. The standard InChI is InChI=1S/C22H18FN5O3S2/c23-18-7-3-16(4-8-18)20-15-32-22(26-20)27-21(29)17-5-9-19(10-6-17)33(30,31)28(13-1-11-24)14-2-12-25/h3-10,15H,1-2,13-14H2,(H,26,27,29). The number of nitrogens with one attached hydrogen (secondary N) is 1. The number of hydrogen-bond acceptors (Lipinski definition) is 7. The van der Waals surface area contributed by atoms with Gasteiger partial charge in [0.1, 0.15) is 5.82 Å². The van der Waals surface area contributed by atoms with Gasteiger partial charge in [-0.05, 0) is 48.5 Å². The molecule has 3 rings (SSSR count). The molecule has 1 heterocycles. The summed E-state index contributed by atoms with van der Waals surface area (Å²) in [5.74, 6) is -0.823. The van der Waals surface area contributed by atoms with Crippen molar-refractivity contribution in [3.63, 3.8) is 0 Å². The van der Waals surface area contributed by atoms with E-state index in [-0.39, 0.29) is 42.2 Å². The minimum Gasteiger partial charge on any atom is -0.298 e. The summed E-state index contributed by atoms with van der Waals surface area (Å²) in [6, 6.07) is 15.0. The van der Waals surface area contributed by atoms with Crippen molar-refractivity contribution in [3.8, 4) is 23.4 Å². The van der Waals surface area contributed by atoms with Gasteiger partial charge < -0.3 is 0 Å². The molecule has 0 atom stereocenters. The first-order chi connectivity index (χ1) is 15.8. The smallest absolute Gasteiger partial charge is 0.257 e. The number of sulfonamides is 1. The lowest BCUT2D eigenvalue weighted by molar-refractivity contribution is 0.102. The predicted octanol–water partition coefficient (Wildman–Crippen LogP) is 4.02. The lowest BCUT2D eigenvalue weighted by atomic mass is 10.2. The number of rotatable bonds is 9. The van der Waals surface area contributed by atoms with Gasteiger partial charge in [-0.3, -0.25) is 10.1 Å². The highest BCUT2D eigenvalue weighted by Gasteiger charge is 2.24. The summed E-state index contributed by atoms with van der Waals surface area (Å²) in [7, 11) is -3.91. The molecule has 1 aromatic heterocycles. The van der Waals surface area contributed by atoms with E-state index < -0.39 is 15.9 Å². The van der Waals surface area contributed by atoms with Gasteiger partial charge in [0.2, 0.25) is 10.0 Å². The molecule has 168 valence electrons. The van der Waals surface area contributed by atoms with Crippen molar-refractivity contribution in [1.82, 2.24) is 9.29 Å². The van der Waals surface area contributed by atoms with Crippen LogP contribution < -0.4 is 5.32 Å². The molecule has 0 bridgehead atoms. The van der Waals surface area contributed by atoms with Gasteiger partial charge in [-0.1, -0.05) is 0 Å². The Labute approximate surface area is 194 Å². The Morgan fingerprint density at radius 3 is 2.21 bits per heavy atom. The van der Waals surface area contributed by atoms with Crippen LogP contribution in [0.2, 0.25) is 0 Å². The zero-order chi connectivity index (χ0) is 23.8. The number of carbonyl (C=O) groups excluding carboxylic acids is 1. The number of hydrogen-bond donors (Lipinski definition) is 1. The second-order valence-electron chi connectivity index (χ2n) is 6.74. The molecule has 11 heteroatoms. The fourth-order valence-corrected chi connectivity index (χ4v) is 5.04. The number of thiazole rings is 1. The number of benzene rings is 2. The van der Waals surface area contributed by atoms with Crippen LogP contribution in [-0.4, -0.2) is 36.7 Å². The van der Waals surface area contributed by atoms with Crippen molar-refractivity contribution in [2.24, 2.45) is 0 Å². The van der Waals surface area contributed by atoms with E-state index in [0.29, 0.717) is 16.4 Å². The maximum atomic E-state index is 13.1. The normalized spacial score (nSPS) is 11.0. The highest BCUT2D eigenvalue weighted by Crippen LogP contribution is 2.25. The molecular weight excluding hydrogens is 465 g/mol. The van der Waals surface area contributed by atoms with Gasteiger partial charge in [0.05, 0.1) is 22.7 Å². The van der Waals surface area contributed by atoms with E-state index in [2.05, 4.69) is 10.3 Å². The molecule has 0 aliphatic carbocycles. The zero-order valence-corrected chi connectivity index (χ0v) is 18.9. The van der Waals surface area contributed by atoms with Crippen molar-refractivity contribution in [2.75, 3.05) is 18.4 Å². The van der Waals surface area contributed by atoms with Crippen LogP contribution in [0.25, 0.3) is 11.3 Å². The lowest BCUT2D eigenvalue weighted by Crippen LogP contribution is -2.32. The van der Waals surface area contributed by atoms with Crippen LogP contribution in [-0.2, 0) is 10.0 Å². The first-order valence-electron chi connectivity index (χ1n) is 9.72. The Morgan fingerprint density at radius 2 is 1.64 bits per heavy atom. The Hall–Kier alpha value is -3.64. The van der Waals surface area contributed by atoms with Gasteiger partial charge in [-0.15, -0.1) is 11.3 Å². The SMILES string of the molecule is N#CCCN(CCC#N)S(=O)(=O)c1ccc(C(=O)Nc2nc(-c3ccc(F)cc3)cs2)cc1. The third kappa shape index (κ3) is 5.99. The van der Waals surface area contributed by atoms with Crippen LogP contribution >= 0.6 is 11.3 Å². The van der Waals surface area contributed by atoms with E-state index >= 15 is 0 Å². The molecule has 1 amide bonds. The number of amides is 1. The molecule has 33 heavy (non-hydrogen) atoms. The van der Waals surface area contributed by atoms with Crippen molar-refractivity contribution < 1.29 is 17.6 Å². The summed E-state index contributed by atoms with van der Waals surface area (Å²) >= 11 is 1.21. The van der Waals surface area contributed by atoms with Crippen LogP contribution in [0.3, 0.4) is 0 Å². The van der Waals surface area contributed by atoms with Crippen molar-refractivity contribution in [1.29, 1.82) is 10.5 Å². The summed E-state index contributed by atoms with van der Waals surface area (Å²) < 4.78 is 39.9. The maximum Gasteiger partial charge on any atom is 0.257 e. The van der Waals surface area contributed by atoms with E-state index in [1.165, 1.54) is 47.7 Å². The van der Waals surface area contributed by atoms with E-state index in [1.807, 2.05) is 12.1 Å². The monoisotopic (exact) mass is 483 g/mol. The summed E-state index contributed by atoms with van der Waals surface area (Å²) in [5, 5.41) is 22.3. The number of aromatic nitrogens is 1. The average molecular weight is 484 g/mol. The molecule has 0 unspecified atom stereocenters. The summed E-state index contributed by atoms with van der Waals surface area (Å²) in [6.07, 6.45) is -0.00224. The van der Waals surface area contributed by atoms with Gasteiger partial charge in [0.15, 0.2) is 5.13 Å². The minimum absolute atomic E-state index is 0.00112. The molecule has 0 fully saturated rings. The van der Waals surface area contributed by atoms with E-state index in [4.69, 9.17) is 10.5 Å². The van der Waals surface area contributed by atoms with Gasteiger partial charge in [-0.2, -0.15) is 14.8 Å². The molecule has 2 aromatic carbocycles. The first kappa shape index (κ1) is 24.0. The highest BCUT2D eigenvalue weighted by atomic mass is 32.2. The molecule has 3 aromatic rings. The largest absolute Gasteiger partial charge is 0.298 e. The fraction of sp³-hybridized carbons (Fsp3) is 0.182. The van der Waals surface area contributed by atoms with E-state index in [0.717, 1.165) is 4.31 Å². The van der Waals surface area contributed by atoms with Crippen LogP contribution in [0.4, 0.5) is 9.52 Å². The number of nitrogens with zero attached hydrogens (tertiary/aromatic N) is 4. The molecule has 1 N–H and O–H groups in total. The molecule has 0 aliphatic heterocycles. The Balaban J connectivity index is 1.71. The molecule has 0 saturated carbocycles. The minimum atomic E-state index is -3.91. The fourth-order valence-electron chi connectivity index (χ4n) is 2.88. The summed E-state index contributed by atoms with van der Waals surface area (Å²) in [4.78, 5) is 16.8. The maximum absolute atomic E-state index is 13.1. The topological polar surface area (TPSA) is 127 Å². The Morgan fingerprint density at radius 1 is 1.03 bits per heavy atom. The molecule has 0 aliphatic rings. The van der Waals surface area contributed by atoms with E-state index in [1.54, 1.807) is 17.5 Å². The van der Waals surface area contributed by atoms with Crippen molar-refractivity contribution in [3.05, 3.63) is 65.3 Å². The number of carbonyl (C=O) groups is 1. The summed E-state index contributed by atoms with van der Waals surface area (Å²) in [6.45, 7) is -0.0492. The first-order valence-corrected chi connectivity index (χ1v) is 12.0. The second-order valence-corrected chi connectivity index (χ2v) is 9.54. The van der Waals surface area contributed by atoms with Crippen LogP contribution in [0.15, 0.2) is 58.8 Å². The summed E-state index contributed by atoms with van der Waals surface area (Å²) in [5.41, 5.74) is 1.53. The molecule has 0 spiro atoms. The van der Waals surface area contributed by atoms with Gasteiger partial charge in [0.25, 0.3) is 5.91 Å². The van der Waals surface area contributed by atoms with Crippen LogP contribution in [0, 0.1) is 28.5 Å². The zero-order valence-electron chi connectivity index (χ0n) is 17.2. The van der Waals surface area contributed by atoms with Crippen molar-refractivity contribution in [2.45, 2.75) is 17.7 Å². The third-order valence-corrected chi connectivity index (χ3v) is 7.24. The van der Waals surface area contributed by atoms with Gasteiger partial charge in [-0.25, -0.2) is 17.8 Å². The molecule has 0 saturated heterocycles. The second kappa shape index (κ2) is 10.8. The molecule has 8 nitrogen and oxygen atoms in total. The number of anilines is 1. The van der Waals surface area contributed by atoms with E-state index in [9.17, 15) is 17.6 Å². The quantitative estimate of drug-likeness (QED) is 0.490. The number of nitriles is 2. The lowest BCUT2D eigenvalue weighted by Gasteiger charge is -2.20. The van der Waals surface area contributed by atoms with Crippen LogP contribution in [0.5, 0.6) is 0 Å². The van der Waals surface area contributed by atoms with Gasteiger partial charge >= 0.3 is 0 Å². The van der Waals surface area contributed by atoms with Crippen molar-refractivity contribution >= 4 is 32.4 Å². The predicted molar refractivity (Wildman–Crippen MR) is 121 cm³/mol. The Bertz CT molecular complexity index is 1290. The van der Waals surface area contributed by atoms with Crippen LogP contribution in [0.1, 0.15) is 23.2 Å². The molecular formula is C22H18FN5O3S2.